The lowest BCUT2D eigenvalue weighted by atomic mass is 9.76. The molecule has 0 nitrogen and oxygen atoms in total. The van der Waals surface area contributed by atoms with Crippen molar-refractivity contribution in [3.8, 4) is 0 Å². The number of rotatable bonds is 0. The molecule has 0 saturated carbocycles. The van der Waals surface area contributed by atoms with Crippen LogP contribution in [-0.2, 0) is 0 Å². The van der Waals surface area contributed by atoms with Crippen molar-refractivity contribution in [1.29, 1.82) is 0 Å². The lowest BCUT2D eigenvalue weighted by Gasteiger charge is -2.28. The molecule has 2 unspecified atom stereocenters. The monoisotopic (exact) mass is 254 g/mol. The van der Waals surface area contributed by atoms with Gasteiger partial charge in [-0.2, -0.15) is 0 Å². The van der Waals surface area contributed by atoms with Crippen molar-refractivity contribution in [2.24, 2.45) is 5.92 Å². The van der Waals surface area contributed by atoms with E-state index in [-0.39, 0.29) is 0 Å². The average Bonchev–Trinajstić information content (AvgIpc) is 2.52. The van der Waals surface area contributed by atoms with Crippen molar-refractivity contribution < 1.29 is 0 Å². The first-order valence-electron chi connectivity index (χ1n) is 7.23. The number of benzene rings is 3. The quantitative estimate of drug-likeness (QED) is 0.560. The van der Waals surface area contributed by atoms with E-state index in [0.717, 1.165) is 0 Å². The molecule has 5 rings (SSSR count). The Kier molecular flexibility index (Phi) is 1.88. The largest absolute Gasteiger partial charge is 0.0767 e. The van der Waals surface area contributed by atoms with Gasteiger partial charge in [-0.25, -0.2) is 0 Å². The molecule has 2 aliphatic rings. The van der Waals surface area contributed by atoms with E-state index in [1.165, 1.54) is 32.3 Å². The Balaban J connectivity index is 2.05. The van der Waals surface area contributed by atoms with Crippen LogP contribution in [-0.4, -0.2) is 0 Å². The van der Waals surface area contributed by atoms with Gasteiger partial charge in [0.05, 0.1) is 0 Å². The number of hydrogen-bond donors (Lipinski definition) is 0. The molecule has 0 aromatic heterocycles. The summed E-state index contributed by atoms with van der Waals surface area (Å²) >= 11 is 0. The minimum absolute atomic E-state index is 0.503. The topological polar surface area (TPSA) is 0 Å². The predicted octanol–water partition coefficient (Wildman–Crippen LogP) is 4.33. The van der Waals surface area contributed by atoms with E-state index in [1.54, 1.807) is 0 Å². The van der Waals surface area contributed by atoms with Crippen molar-refractivity contribution in [3.63, 3.8) is 0 Å². The van der Waals surface area contributed by atoms with Gasteiger partial charge in [0.15, 0.2) is 0 Å². The minimum atomic E-state index is 0.503. The van der Waals surface area contributed by atoms with Crippen LogP contribution in [0.15, 0.2) is 66.8 Å². The van der Waals surface area contributed by atoms with E-state index in [2.05, 4.69) is 72.8 Å². The van der Waals surface area contributed by atoms with Crippen LogP contribution in [0, 0.1) is 5.92 Å². The summed E-state index contributed by atoms with van der Waals surface area (Å²) in [7, 11) is 0. The van der Waals surface area contributed by atoms with Gasteiger partial charge in [-0.05, 0) is 32.3 Å². The summed E-state index contributed by atoms with van der Waals surface area (Å²) in [5, 5.41) is 6.99. The second-order valence-electron chi connectivity index (χ2n) is 5.80. The summed E-state index contributed by atoms with van der Waals surface area (Å²) in [6.45, 7) is 0. The third kappa shape index (κ3) is 1.21. The molecule has 0 amide bonds. The first-order chi connectivity index (χ1) is 9.92. The SMILES string of the molecule is C1=CC2C=c3ccc4cccc5ccc(c3c54)C2C=C1. The van der Waals surface area contributed by atoms with Crippen LogP contribution in [0.3, 0.4) is 0 Å². The van der Waals surface area contributed by atoms with Gasteiger partial charge < -0.3 is 0 Å². The van der Waals surface area contributed by atoms with Gasteiger partial charge in [-0.1, -0.05) is 72.8 Å². The van der Waals surface area contributed by atoms with E-state index in [4.69, 9.17) is 0 Å². The predicted molar refractivity (Wildman–Crippen MR) is 85.6 cm³/mol. The van der Waals surface area contributed by atoms with E-state index >= 15 is 0 Å². The van der Waals surface area contributed by atoms with Gasteiger partial charge >= 0.3 is 0 Å². The highest BCUT2D eigenvalue weighted by molar-refractivity contribution is 6.12. The molecule has 3 aromatic carbocycles. The Hall–Kier alpha value is -2.34. The smallest absolute Gasteiger partial charge is 0.0125 e. The Labute approximate surface area is 117 Å². The molecular weight excluding hydrogens is 240 g/mol. The standard InChI is InChI=1S/C20H14/c1-2-7-17-15(4-1)12-16-9-8-13-5-3-6-14-10-11-18(17)20(16)19(13)14/h1-12,15,17H. The van der Waals surface area contributed by atoms with Gasteiger partial charge in [-0.3, -0.25) is 0 Å². The molecule has 94 valence electrons. The Morgan fingerprint density at radius 2 is 1.50 bits per heavy atom. The van der Waals surface area contributed by atoms with Gasteiger partial charge in [0.25, 0.3) is 0 Å². The maximum Gasteiger partial charge on any atom is 0.0125 e. The van der Waals surface area contributed by atoms with Crippen molar-refractivity contribution in [2.45, 2.75) is 5.92 Å². The van der Waals surface area contributed by atoms with Crippen LogP contribution in [0.2, 0.25) is 0 Å². The maximum absolute atomic E-state index is 2.43. The summed E-state index contributed by atoms with van der Waals surface area (Å²) in [6.07, 6.45) is 11.4. The Morgan fingerprint density at radius 1 is 0.700 bits per heavy atom. The van der Waals surface area contributed by atoms with E-state index in [9.17, 15) is 0 Å². The highest BCUT2D eigenvalue weighted by Crippen LogP contribution is 2.39. The molecule has 0 radical (unpaired) electrons. The van der Waals surface area contributed by atoms with Gasteiger partial charge in [-0.15, -0.1) is 0 Å². The molecule has 0 aliphatic heterocycles. The van der Waals surface area contributed by atoms with Crippen LogP contribution < -0.4 is 5.22 Å². The Morgan fingerprint density at radius 3 is 2.40 bits per heavy atom. The fraction of sp³-hybridized carbons (Fsp3) is 0.100. The lowest BCUT2D eigenvalue weighted by Crippen LogP contribution is -2.20. The van der Waals surface area contributed by atoms with E-state index < -0.39 is 0 Å². The van der Waals surface area contributed by atoms with Crippen LogP contribution in [0.25, 0.3) is 27.6 Å². The average molecular weight is 254 g/mol. The molecule has 2 atom stereocenters. The molecule has 3 aromatic rings. The van der Waals surface area contributed by atoms with Gasteiger partial charge in [0, 0.05) is 11.8 Å². The molecule has 0 fully saturated rings. The normalized spacial score (nSPS) is 23.0. The van der Waals surface area contributed by atoms with E-state index in [1.807, 2.05) is 0 Å². The molecular formula is C20H14. The first kappa shape index (κ1) is 10.4. The second-order valence-corrected chi connectivity index (χ2v) is 5.80. The molecule has 0 heterocycles. The summed E-state index contributed by atoms with van der Waals surface area (Å²) in [5.74, 6) is 1.01. The summed E-state index contributed by atoms with van der Waals surface area (Å²) in [4.78, 5) is 0. The highest BCUT2D eigenvalue weighted by Gasteiger charge is 2.24. The van der Waals surface area contributed by atoms with Crippen molar-refractivity contribution >= 4 is 27.6 Å². The molecule has 20 heavy (non-hydrogen) atoms. The molecule has 0 N–H and O–H groups in total. The lowest BCUT2D eigenvalue weighted by molar-refractivity contribution is 0.729. The van der Waals surface area contributed by atoms with Crippen LogP contribution in [0.1, 0.15) is 11.5 Å². The molecule has 2 aliphatic carbocycles. The minimum Gasteiger partial charge on any atom is -0.0767 e. The van der Waals surface area contributed by atoms with Gasteiger partial charge in [0.2, 0.25) is 0 Å². The van der Waals surface area contributed by atoms with Crippen LogP contribution in [0.5, 0.6) is 0 Å². The number of allylic oxidation sites excluding steroid dienone is 4. The zero-order valence-corrected chi connectivity index (χ0v) is 11.1. The van der Waals surface area contributed by atoms with Crippen molar-refractivity contribution in [3.05, 3.63) is 77.6 Å². The van der Waals surface area contributed by atoms with Crippen LogP contribution in [0.4, 0.5) is 0 Å². The van der Waals surface area contributed by atoms with E-state index in [0.29, 0.717) is 11.8 Å². The summed E-state index contributed by atoms with van der Waals surface area (Å²) in [5.41, 5.74) is 1.48. The van der Waals surface area contributed by atoms with Crippen molar-refractivity contribution in [1.82, 2.24) is 0 Å². The second kappa shape index (κ2) is 3.61. The van der Waals surface area contributed by atoms with Gasteiger partial charge in [0.1, 0.15) is 0 Å². The molecule has 0 heteroatoms. The Bertz CT molecular complexity index is 941. The highest BCUT2D eigenvalue weighted by atomic mass is 14.3. The zero-order valence-electron chi connectivity index (χ0n) is 11.1. The number of fused-ring (bicyclic) bond motifs is 2. The summed E-state index contributed by atoms with van der Waals surface area (Å²) in [6, 6.07) is 15.7. The zero-order chi connectivity index (χ0) is 13.1. The maximum atomic E-state index is 2.43. The molecule has 0 spiro atoms. The molecule has 0 saturated heterocycles. The fourth-order valence-electron chi connectivity index (χ4n) is 3.85. The third-order valence-corrected chi connectivity index (χ3v) is 4.75. The fourth-order valence-corrected chi connectivity index (χ4v) is 3.85. The third-order valence-electron chi connectivity index (χ3n) is 4.75. The first-order valence-corrected chi connectivity index (χ1v) is 7.23. The van der Waals surface area contributed by atoms with Crippen molar-refractivity contribution in [2.75, 3.05) is 0 Å². The molecule has 0 bridgehead atoms. The van der Waals surface area contributed by atoms with Crippen LogP contribution >= 0.6 is 0 Å². The summed E-state index contributed by atoms with van der Waals surface area (Å²) < 4.78 is 0. The number of hydrogen-bond acceptors (Lipinski definition) is 0.